The molecular formula is C12H15NO2S. The molecule has 0 aliphatic heterocycles. The molecule has 3 nitrogen and oxygen atoms in total. The van der Waals surface area contributed by atoms with Gasteiger partial charge in [0.15, 0.2) is 0 Å². The molecular weight excluding hydrogens is 222 g/mol. The third-order valence-electron chi connectivity index (χ3n) is 1.89. The zero-order chi connectivity index (χ0) is 12.2. The van der Waals surface area contributed by atoms with Crippen LogP contribution in [0.3, 0.4) is 0 Å². The Morgan fingerprint density at radius 1 is 1.12 bits per heavy atom. The summed E-state index contributed by atoms with van der Waals surface area (Å²) >= 11 is 1.15. The highest BCUT2D eigenvalue weighted by molar-refractivity contribution is 7.98. The van der Waals surface area contributed by atoms with E-state index in [1.165, 1.54) is 0 Å². The molecule has 1 aromatic carbocycles. The highest BCUT2D eigenvalue weighted by Crippen LogP contribution is 2.17. The number of carbonyl (C=O) groups is 2. The second-order valence-electron chi connectivity index (χ2n) is 4.43. The summed E-state index contributed by atoms with van der Waals surface area (Å²) in [4.78, 5) is 23.9. The number of carbonyl (C=O) groups excluding carboxylic acids is 2. The topological polar surface area (TPSA) is 46.2 Å². The summed E-state index contributed by atoms with van der Waals surface area (Å²) in [7, 11) is 0. The number of hydrogen-bond acceptors (Lipinski definition) is 3. The lowest BCUT2D eigenvalue weighted by molar-refractivity contribution is -0.141. The Morgan fingerprint density at radius 3 is 2.19 bits per heavy atom. The van der Waals surface area contributed by atoms with E-state index in [0.29, 0.717) is 0 Å². The van der Waals surface area contributed by atoms with Gasteiger partial charge in [-0.3, -0.25) is 14.3 Å². The van der Waals surface area contributed by atoms with Crippen molar-refractivity contribution in [1.82, 2.24) is 4.72 Å². The van der Waals surface area contributed by atoms with Gasteiger partial charge in [-0.1, -0.05) is 39.0 Å². The van der Waals surface area contributed by atoms with Gasteiger partial charge in [0, 0.05) is 10.3 Å². The van der Waals surface area contributed by atoms with E-state index in [4.69, 9.17) is 0 Å². The molecule has 1 N–H and O–H groups in total. The van der Waals surface area contributed by atoms with Crippen molar-refractivity contribution in [3.8, 4) is 0 Å². The van der Waals surface area contributed by atoms with Gasteiger partial charge in [0.2, 0.25) is 5.78 Å². The minimum absolute atomic E-state index is 0.407. The molecule has 0 saturated carbocycles. The molecule has 0 fully saturated rings. The van der Waals surface area contributed by atoms with Crippen LogP contribution in [-0.4, -0.2) is 11.7 Å². The third kappa shape index (κ3) is 3.70. The van der Waals surface area contributed by atoms with Crippen molar-refractivity contribution in [1.29, 1.82) is 0 Å². The first-order valence-electron chi connectivity index (χ1n) is 4.98. The van der Waals surface area contributed by atoms with Gasteiger partial charge in [-0.25, -0.2) is 0 Å². The molecule has 16 heavy (non-hydrogen) atoms. The van der Waals surface area contributed by atoms with E-state index in [1.807, 2.05) is 30.3 Å². The van der Waals surface area contributed by atoms with Crippen molar-refractivity contribution in [3.63, 3.8) is 0 Å². The van der Waals surface area contributed by atoms with Gasteiger partial charge in [-0.2, -0.15) is 0 Å². The summed E-state index contributed by atoms with van der Waals surface area (Å²) in [6.45, 7) is 5.17. The first-order valence-corrected chi connectivity index (χ1v) is 5.79. The van der Waals surface area contributed by atoms with E-state index in [1.54, 1.807) is 20.8 Å². The molecule has 1 aromatic rings. The number of benzene rings is 1. The third-order valence-corrected chi connectivity index (χ3v) is 2.69. The Labute approximate surface area is 99.8 Å². The van der Waals surface area contributed by atoms with Gasteiger partial charge in [0.1, 0.15) is 0 Å². The molecule has 0 saturated heterocycles. The van der Waals surface area contributed by atoms with Crippen LogP contribution >= 0.6 is 11.9 Å². The lowest BCUT2D eigenvalue weighted by Crippen LogP contribution is -2.35. The fourth-order valence-electron chi connectivity index (χ4n) is 0.981. The number of rotatable bonds is 3. The van der Waals surface area contributed by atoms with Crippen LogP contribution in [0.5, 0.6) is 0 Å². The predicted molar refractivity (Wildman–Crippen MR) is 64.9 cm³/mol. The summed E-state index contributed by atoms with van der Waals surface area (Å²) in [5, 5.41) is 0. The molecule has 0 spiro atoms. The monoisotopic (exact) mass is 237 g/mol. The summed E-state index contributed by atoms with van der Waals surface area (Å²) < 4.78 is 2.53. The van der Waals surface area contributed by atoms with E-state index in [0.717, 1.165) is 16.8 Å². The lowest BCUT2D eigenvalue weighted by Gasteiger charge is -2.15. The lowest BCUT2D eigenvalue weighted by atomic mass is 9.91. The van der Waals surface area contributed by atoms with Crippen LogP contribution in [0.1, 0.15) is 20.8 Å². The zero-order valence-corrected chi connectivity index (χ0v) is 10.4. The van der Waals surface area contributed by atoms with Gasteiger partial charge >= 0.3 is 0 Å². The van der Waals surface area contributed by atoms with Crippen molar-refractivity contribution in [3.05, 3.63) is 30.3 Å². The fourth-order valence-corrected chi connectivity index (χ4v) is 1.58. The highest BCUT2D eigenvalue weighted by atomic mass is 32.2. The quantitative estimate of drug-likeness (QED) is 0.648. The second kappa shape index (κ2) is 5.16. The zero-order valence-electron chi connectivity index (χ0n) is 9.61. The average Bonchev–Trinajstić information content (AvgIpc) is 2.25. The smallest absolute Gasteiger partial charge is 0.289 e. The molecule has 0 aliphatic carbocycles. The summed E-state index contributed by atoms with van der Waals surface area (Å²) in [5.41, 5.74) is -0.638. The van der Waals surface area contributed by atoms with Crippen molar-refractivity contribution in [2.24, 2.45) is 5.41 Å². The Morgan fingerprint density at radius 2 is 1.69 bits per heavy atom. The van der Waals surface area contributed by atoms with Crippen LogP contribution in [0, 0.1) is 5.41 Å². The molecule has 0 aliphatic rings. The van der Waals surface area contributed by atoms with Gasteiger partial charge in [-0.05, 0) is 24.1 Å². The predicted octanol–water partition coefficient (Wildman–Crippen LogP) is 2.43. The minimum atomic E-state index is -0.638. The van der Waals surface area contributed by atoms with Gasteiger partial charge in [0.05, 0.1) is 0 Å². The van der Waals surface area contributed by atoms with Crippen LogP contribution in [0.25, 0.3) is 0 Å². The summed E-state index contributed by atoms with van der Waals surface area (Å²) in [5.74, 6) is -0.961. The number of nitrogens with one attached hydrogen (secondary N) is 1. The highest BCUT2D eigenvalue weighted by Gasteiger charge is 2.28. The summed E-state index contributed by atoms with van der Waals surface area (Å²) in [6, 6.07) is 9.38. The average molecular weight is 237 g/mol. The fraction of sp³-hybridized carbons (Fsp3) is 0.333. The number of Topliss-reactive ketones (excluding diaryl/α,β-unsaturated/α-hetero) is 1. The molecule has 0 atom stereocenters. The summed E-state index contributed by atoms with van der Waals surface area (Å²) in [6.07, 6.45) is 0. The largest absolute Gasteiger partial charge is 0.298 e. The Bertz CT molecular complexity index is 382. The normalized spacial score (nSPS) is 10.9. The van der Waals surface area contributed by atoms with Gasteiger partial charge in [-0.15, -0.1) is 0 Å². The van der Waals surface area contributed by atoms with E-state index in [9.17, 15) is 9.59 Å². The maximum absolute atomic E-state index is 11.6. The van der Waals surface area contributed by atoms with Crippen LogP contribution in [-0.2, 0) is 9.59 Å². The first kappa shape index (κ1) is 12.8. The van der Waals surface area contributed by atoms with Crippen molar-refractivity contribution in [2.45, 2.75) is 25.7 Å². The Balaban J connectivity index is 2.51. The molecule has 86 valence electrons. The Hall–Kier alpha value is -1.29. The maximum Gasteiger partial charge on any atom is 0.298 e. The van der Waals surface area contributed by atoms with Crippen molar-refractivity contribution < 1.29 is 9.59 Å². The van der Waals surface area contributed by atoms with E-state index in [-0.39, 0.29) is 0 Å². The molecule has 0 bridgehead atoms. The second-order valence-corrected chi connectivity index (χ2v) is 5.31. The SMILES string of the molecule is CC(C)(C)C(=O)C(=O)NSc1ccccc1. The van der Waals surface area contributed by atoms with E-state index >= 15 is 0 Å². The maximum atomic E-state index is 11.6. The molecule has 1 amide bonds. The Kier molecular flexibility index (Phi) is 4.12. The molecule has 4 heteroatoms. The number of amides is 1. The van der Waals surface area contributed by atoms with Crippen molar-refractivity contribution >= 4 is 23.6 Å². The van der Waals surface area contributed by atoms with Gasteiger partial charge in [0.25, 0.3) is 5.91 Å². The first-order chi connectivity index (χ1) is 7.41. The standard InChI is InChI=1S/C12H15NO2S/c1-12(2,3)10(14)11(15)13-16-9-7-5-4-6-8-9/h4-8H,1-3H3,(H,13,15). The number of ketones is 1. The van der Waals surface area contributed by atoms with Crippen LogP contribution in [0.2, 0.25) is 0 Å². The van der Waals surface area contributed by atoms with E-state index in [2.05, 4.69) is 4.72 Å². The van der Waals surface area contributed by atoms with Gasteiger partial charge < -0.3 is 0 Å². The van der Waals surface area contributed by atoms with Crippen molar-refractivity contribution in [2.75, 3.05) is 0 Å². The minimum Gasteiger partial charge on any atom is -0.289 e. The molecule has 0 unspecified atom stereocenters. The molecule has 0 heterocycles. The number of hydrogen-bond donors (Lipinski definition) is 1. The van der Waals surface area contributed by atoms with E-state index < -0.39 is 17.1 Å². The molecule has 1 rings (SSSR count). The molecule has 0 radical (unpaired) electrons. The van der Waals surface area contributed by atoms with Crippen LogP contribution in [0.15, 0.2) is 35.2 Å². The van der Waals surface area contributed by atoms with Crippen LogP contribution in [0.4, 0.5) is 0 Å². The molecule has 0 aromatic heterocycles. The van der Waals surface area contributed by atoms with Crippen LogP contribution < -0.4 is 4.72 Å².